The standard InChI is InChI=1S/C17H15Cl2F3N2O4S2/c18-13-2-4-14(5-3-13)29(25,26)23-7-9-24(10-8-23)30(27,28)16-11-12(17(20,21)22)1-6-15(16)19/h1-6,11H,7-10H2. The number of hydrogen-bond acceptors (Lipinski definition) is 4. The van der Waals surface area contributed by atoms with Gasteiger partial charge in [-0.25, -0.2) is 16.8 Å². The first-order valence-corrected chi connectivity index (χ1v) is 12.1. The Morgan fingerprint density at radius 3 is 1.77 bits per heavy atom. The van der Waals surface area contributed by atoms with Gasteiger partial charge < -0.3 is 0 Å². The van der Waals surface area contributed by atoms with E-state index in [0.717, 1.165) is 14.7 Å². The number of rotatable bonds is 4. The molecule has 13 heteroatoms. The van der Waals surface area contributed by atoms with Crippen molar-refractivity contribution in [3.63, 3.8) is 0 Å². The highest BCUT2D eigenvalue weighted by molar-refractivity contribution is 7.89. The molecule has 0 unspecified atom stereocenters. The van der Waals surface area contributed by atoms with Crippen molar-refractivity contribution in [1.82, 2.24) is 8.61 Å². The van der Waals surface area contributed by atoms with Crippen LogP contribution in [0.4, 0.5) is 13.2 Å². The summed E-state index contributed by atoms with van der Waals surface area (Å²) in [5.41, 5.74) is -1.14. The number of benzene rings is 2. The molecule has 0 aliphatic carbocycles. The van der Waals surface area contributed by atoms with Gasteiger partial charge in [0.2, 0.25) is 20.0 Å². The molecule has 3 rings (SSSR count). The van der Waals surface area contributed by atoms with Gasteiger partial charge in [0.05, 0.1) is 15.5 Å². The zero-order chi connectivity index (χ0) is 22.3. The topological polar surface area (TPSA) is 74.8 Å². The smallest absolute Gasteiger partial charge is 0.207 e. The predicted octanol–water partition coefficient (Wildman–Crippen LogP) is 3.71. The van der Waals surface area contributed by atoms with Crippen LogP contribution in [0.5, 0.6) is 0 Å². The third-order valence-electron chi connectivity index (χ3n) is 4.53. The lowest BCUT2D eigenvalue weighted by Crippen LogP contribution is -2.50. The predicted molar refractivity (Wildman–Crippen MR) is 105 cm³/mol. The fourth-order valence-electron chi connectivity index (χ4n) is 2.92. The molecule has 0 N–H and O–H groups in total. The van der Waals surface area contributed by atoms with Crippen LogP contribution in [0.3, 0.4) is 0 Å². The highest BCUT2D eigenvalue weighted by Crippen LogP contribution is 2.34. The van der Waals surface area contributed by atoms with Crippen LogP contribution in [0.1, 0.15) is 5.56 Å². The van der Waals surface area contributed by atoms with E-state index in [9.17, 15) is 30.0 Å². The number of sulfonamides is 2. The molecular weight excluding hydrogens is 488 g/mol. The molecule has 30 heavy (non-hydrogen) atoms. The summed E-state index contributed by atoms with van der Waals surface area (Å²) in [4.78, 5) is -0.669. The van der Waals surface area contributed by atoms with Crippen LogP contribution in [0.15, 0.2) is 52.3 Å². The highest BCUT2D eigenvalue weighted by Gasteiger charge is 2.37. The third kappa shape index (κ3) is 4.61. The Hall–Kier alpha value is -1.37. The first-order valence-electron chi connectivity index (χ1n) is 8.46. The molecule has 0 bridgehead atoms. The molecule has 2 aromatic rings. The first-order chi connectivity index (χ1) is 13.8. The molecule has 1 heterocycles. The van der Waals surface area contributed by atoms with Crippen molar-refractivity contribution in [2.24, 2.45) is 0 Å². The molecule has 1 fully saturated rings. The Bertz CT molecular complexity index is 1150. The van der Waals surface area contributed by atoms with Gasteiger partial charge in [0.1, 0.15) is 4.90 Å². The van der Waals surface area contributed by atoms with Gasteiger partial charge in [0.25, 0.3) is 0 Å². The zero-order valence-corrected chi connectivity index (χ0v) is 18.2. The number of piperazine rings is 1. The second kappa shape index (κ2) is 8.29. The van der Waals surface area contributed by atoms with E-state index in [-0.39, 0.29) is 36.1 Å². The van der Waals surface area contributed by atoms with Crippen molar-refractivity contribution in [2.45, 2.75) is 16.0 Å². The zero-order valence-electron chi connectivity index (χ0n) is 15.1. The van der Waals surface area contributed by atoms with Crippen molar-refractivity contribution in [3.8, 4) is 0 Å². The Kier molecular flexibility index (Phi) is 6.43. The van der Waals surface area contributed by atoms with Crippen molar-refractivity contribution < 1.29 is 30.0 Å². The normalized spacial score (nSPS) is 17.2. The maximum absolute atomic E-state index is 13.0. The average Bonchev–Trinajstić information content (AvgIpc) is 2.67. The Morgan fingerprint density at radius 1 is 0.767 bits per heavy atom. The number of alkyl halides is 3. The molecule has 6 nitrogen and oxygen atoms in total. The molecule has 1 saturated heterocycles. The van der Waals surface area contributed by atoms with Gasteiger partial charge in [-0.3, -0.25) is 0 Å². The highest BCUT2D eigenvalue weighted by atomic mass is 35.5. The Morgan fingerprint density at radius 2 is 1.27 bits per heavy atom. The maximum atomic E-state index is 13.0. The lowest BCUT2D eigenvalue weighted by molar-refractivity contribution is -0.137. The van der Waals surface area contributed by atoms with E-state index in [2.05, 4.69) is 0 Å². The molecule has 1 aliphatic heterocycles. The Labute approximate surface area is 181 Å². The van der Waals surface area contributed by atoms with E-state index in [1.807, 2.05) is 0 Å². The third-order valence-corrected chi connectivity index (χ3v) is 9.07. The summed E-state index contributed by atoms with van der Waals surface area (Å²) in [6.07, 6.45) is -4.74. The first kappa shape index (κ1) is 23.3. The van der Waals surface area contributed by atoms with E-state index in [1.165, 1.54) is 24.3 Å². The summed E-state index contributed by atoms with van der Waals surface area (Å²) < 4.78 is 92.0. The lowest BCUT2D eigenvalue weighted by Gasteiger charge is -2.33. The van der Waals surface area contributed by atoms with Crippen molar-refractivity contribution in [2.75, 3.05) is 26.2 Å². The van der Waals surface area contributed by atoms with Crippen LogP contribution in [0, 0.1) is 0 Å². The van der Waals surface area contributed by atoms with Gasteiger partial charge in [0.15, 0.2) is 0 Å². The van der Waals surface area contributed by atoms with Crippen molar-refractivity contribution in [3.05, 3.63) is 58.1 Å². The van der Waals surface area contributed by atoms with E-state index in [4.69, 9.17) is 23.2 Å². The van der Waals surface area contributed by atoms with Crippen LogP contribution in [0.25, 0.3) is 0 Å². The van der Waals surface area contributed by atoms with Gasteiger partial charge in [-0.2, -0.15) is 21.8 Å². The van der Waals surface area contributed by atoms with E-state index in [1.54, 1.807) is 0 Å². The van der Waals surface area contributed by atoms with Gasteiger partial charge in [0, 0.05) is 31.2 Å². The van der Waals surface area contributed by atoms with Crippen LogP contribution >= 0.6 is 23.2 Å². The summed E-state index contributed by atoms with van der Waals surface area (Å²) in [7, 11) is -8.22. The molecule has 2 aromatic carbocycles. The fourth-order valence-corrected chi connectivity index (χ4v) is 6.39. The largest absolute Gasteiger partial charge is 0.416 e. The van der Waals surface area contributed by atoms with Gasteiger partial charge >= 0.3 is 6.18 Å². The minimum absolute atomic E-state index is 0.00382. The maximum Gasteiger partial charge on any atom is 0.416 e. The minimum Gasteiger partial charge on any atom is -0.207 e. The second-order valence-corrected chi connectivity index (χ2v) is 11.1. The summed E-state index contributed by atoms with van der Waals surface area (Å²) in [6, 6.07) is 7.56. The van der Waals surface area contributed by atoms with E-state index in [0.29, 0.717) is 17.2 Å². The van der Waals surface area contributed by atoms with Gasteiger partial charge in [-0.05, 0) is 42.5 Å². The minimum atomic E-state index is -4.74. The Balaban J connectivity index is 1.81. The molecule has 0 saturated carbocycles. The van der Waals surface area contributed by atoms with E-state index < -0.39 is 36.7 Å². The lowest BCUT2D eigenvalue weighted by atomic mass is 10.2. The van der Waals surface area contributed by atoms with Crippen molar-refractivity contribution >= 4 is 43.2 Å². The molecule has 164 valence electrons. The number of nitrogens with zero attached hydrogens (tertiary/aromatic N) is 2. The average molecular weight is 503 g/mol. The summed E-state index contributed by atoms with van der Waals surface area (Å²) in [5, 5.41) is 0.0158. The molecule has 0 radical (unpaired) electrons. The summed E-state index contributed by atoms with van der Waals surface area (Å²) >= 11 is 11.6. The van der Waals surface area contributed by atoms with Crippen LogP contribution in [-0.4, -0.2) is 51.6 Å². The summed E-state index contributed by atoms with van der Waals surface area (Å²) in [6.45, 7) is -0.801. The molecule has 0 amide bonds. The summed E-state index contributed by atoms with van der Waals surface area (Å²) in [5.74, 6) is 0. The molecule has 0 spiro atoms. The number of hydrogen-bond donors (Lipinski definition) is 0. The second-order valence-electron chi connectivity index (χ2n) is 6.41. The SMILES string of the molecule is O=S(=O)(c1ccc(Cl)cc1)N1CCN(S(=O)(=O)c2cc(C(F)(F)F)ccc2Cl)CC1. The van der Waals surface area contributed by atoms with Gasteiger partial charge in [-0.1, -0.05) is 23.2 Å². The fraction of sp³-hybridized carbons (Fsp3) is 0.294. The van der Waals surface area contributed by atoms with E-state index >= 15 is 0 Å². The van der Waals surface area contributed by atoms with Crippen LogP contribution < -0.4 is 0 Å². The molecule has 1 aliphatic rings. The quantitative estimate of drug-likeness (QED) is 0.638. The molecule has 0 atom stereocenters. The molecular formula is C17H15Cl2F3N2O4S2. The monoisotopic (exact) mass is 502 g/mol. The van der Waals surface area contributed by atoms with Gasteiger partial charge in [-0.15, -0.1) is 0 Å². The van der Waals surface area contributed by atoms with Crippen LogP contribution in [0.2, 0.25) is 10.0 Å². The number of halogens is 5. The van der Waals surface area contributed by atoms with Crippen LogP contribution in [-0.2, 0) is 26.2 Å². The molecule has 0 aromatic heterocycles. The van der Waals surface area contributed by atoms with Crippen molar-refractivity contribution in [1.29, 1.82) is 0 Å².